The molecule has 17 heavy (non-hydrogen) atoms. The largest absolute Gasteiger partial charge is 0.398 e. The number of hydrogen-bond donors (Lipinski definition) is 1. The highest BCUT2D eigenvalue weighted by molar-refractivity contribution is 6.00. The highest BCUT2D eigenvalue weighted by atomic mass is 15.1. The number of aromatic nitrogens is 1. The molecule has 1 heterocycles. The highest BCUT2D eigenvalue weighted by Crippen LogP contribution is 2.34. The molecular formula is C14H17N3. The lowest BCUT2D eigenvalue weighted by Crippen LogP contribution is -2.37. The highest BCUT2D eigenvalue weighted by Gasteiger charge is 2.23. The summed E-state index contributed by atoms with van der Waals surface area (Å²) in [5.41, 5.74) is 8.06. The topological polar surface area (TPSA) is 42.1 Å². The van der Waals surface area contributed by atoms with Crippen molar-refractivity contribution in [3.8, 4) is 0 Å². The average Bonchev–Trinajstić information content (AvgIpc) is 2.27. The van der Waals surface area contributed by atoms with Gasteiger partial charge in [-0.3, -0.25) is 4.98 Å². The molecule has 2 N–H and O–H groups in total. The van der Waals surface area contributed by atoms with E-state index < -0.39 is 0 Å². The Morgan fingerprint density at radius 2 is 2.06 bits per heavy atom. The fourth-order valence-corrected chi connectivity index (χ4v) is 2.47. The molecule has 1 fully saturated rings. The fourth-order valence-electron chi connectivity index (χ4n) is 2.47. The molecule has 2 aromatic rings. The van der Waals surface area contributed by atoms with E-state index in [9.17, 15) is 0 Å². The van der Waals surface area contributed by atoms with Gasteiger partial charge in [0, 0.05) is 47.6 Å². The molecule has 1 aliphatic carbocycles. The molecule has 0 amide bonds. The van der Waals surface area contributed by atoms with Gasteiger partial charge in [0.2, 0.25) is 0 Å². The first-order chi connectivity index (χ1) is 8.27. The minimum absolute atomic E-state index is 0.690. The predicted molar refractivity (Wildman–Crippen MR) is 72.2 cm³/mol. The van der Waals surface area contributed by atoms with E-state index in [1.54, 1.807) is 0 Å². The summed E-state index contributed by atoms with van der Waals surface area (Å²) in [5.74, 6) is 0. The van der Waals surface area contributed by atoms with E-state index in [0.717, 1.165) is 11.1 Å². The zero-order valence-electron chi connectivity index (χ0n) is 10.1. The normalized spacial score (nSPS) is 15.8. The lowest BCUT2D eigenvalue weighted by atomic mass is 9.91. The zero-order valence-corrected chi connectivity index (χ0v) is 10.1. The van der Waals surface area contributed by atoms with Crippen LogP contribution in [0.15, 0.2) is 30.6 Å². The summed E-state index contributed by atoms with van der Waals surface area (Å²) in [4.78, 5) is 6.53. The van der Waals surface area contributed by atoms with Crippen molar-refractivity contribution >= 4 is 22.1 Å². The third kappa shape index (κ3) is 1.62. The summed E-state index contributed by atoms with van der Waals surface area (Å²) in [7, 11) is 2.18. The lowest BCUT2D eigenvalue weighted by Gasteiger charge is -2.37. The van der Waals surface area contributed by atoms with Gasteiger partial charge in [-0.15, -0.1) is 0 Å². The Morgan fingerprint density at radius 1 is 1.24 bits per heavy atom. The summed E-state index contributed by atoms with van der Waals surface area (Å²) < 4.78 is 0. The molecule has 1 saturated carbocycles. The molecule has 3 heteroatoms. The van der Waals surface area contributed by atoms with Crippen molar-refractivity contribution in [3.63, 3.8) is 0 Å². The van der Waals surface area contributed by atoms with Crippen molar-refractivity contribution in [2.45, 2.75) is 25.3 Å². The minimum Gasteiger partial charge on any atom is -0.398 e. The summed E-state index contributed by atoms with van der Waals surface area (Å²) in [5, 5.41) is 2.26. The van der Waals surface area contributed by atoms with Crippen molar-refractivity contribution in [3.05, 3.63) is 30.6 Å². The maximum Gasteiger partial charge on any atom is 0.0448 e. The van der Waals surface area contributed by atoms with Crippen LogP contribution < -0.4 is 10.6 Å². The number of fused-ring (bicyclic) bond motifs is 1. The molecule has 0 bridgehead atoms. The summed E-state index contributed by atoms with van der Waals surface area (Å²) in [6.07, 6.45) is 7.63. The second-order valence-electron chi connectivity index (χ2n) is 4.79. The smallest absolute Gasteiger partial charge is 0.0448 e. The third-order valence-electron chi connectivity index (χ3n) is 3.83. The van der Waals surface area contributed by atoms with Crippen LogP contribution in [0.25, 0.3) is 10.8 Å². The number of pyridine rings is 1. The van der Waals surface area contributed by atoms with Gasteiger partial charge in [-0.05, 0) is 37.5 Å². The van der Waals surface area contributed by atoms with Gasteiger partial charge in [-0.1, -0.05) is 0 Å². The van der Waals surface area contributed by atoms with Crippen molar-refractivity contribution < 1.29 is 0 Å². The Morgan fingerprint density at radius 3 is 2.76 bits per heavy atom. The van der Waals surface area contributed by atoms with Crippen molar-refractivity contribution in [2.75, 3.05) is 17.7 Å². The van der Waals surface area contributed by atoms with E-state index in [0.29, 0.717) is 6.04 Å². The molecule has 0 radical (unpaired) electrons. The summed E-state index contributed by atoms with van der Waals surface area (Å²) >= 11 is 0. The number of benzene rings is 1. The van der Waals surface area contributed by atoms with Crippen LogP contribution in [-0.4, -0.2) is 18.1 Å². The SMILES string of the molecule is CN(c1ccc(N)c2cnccc12)C1CCC1. The van der Waals surface area contributed by atoms with Crippen LogP contribution in [0, 0.1) is 0 Å². The standard InChI is InChI=1S/C14H17N3/c1-17(10-3-2-4-10)14-6-5-13(15)12-9-16-8-7-11(12)14/h5-10H,2-4,15H2,1H3. The van der Waals surface area contributed by atoms with Gasteiger partial charge in [-0.25, -0.2) is 0 Å². The van der Waals surface area contributed by atoms with Crippen molar-refractivity contribution in [2.24, 2.45) is 0 Å². The van der Waals surface area contributed by atoms with Gasteiger partial charge in [0.05, 0.1) is 0 Å². The van der Waals surface area contributed by atoms with E-state index in [1.807, 2.05) is 18.5 Å². The van der Waals surface area contributed by atoms with Crippen LogP contribution in [0.5, 0.6) is 0 Å². The average molecular weight is 227 g/mol. The first kappa shape index (κ1) is 10.4. The number of anilines is 2. The third-order valence-corrected chi connectivity index (χ3v) is 3.83. The molecule has 0 unspecified atom stereocenters. The van der Waals surface area contributed by atoms with Crippen LogP contribution in [0.1, 0.15) is 19.3 Å². The number of rotatable bonds is 2. The zero-order chi connectivity index (χ0) is 11.8. The molecule has 1 aromatic heterocycles. The maximum absolute atomic E-state index is 5.99. The summed E-state index contributed by atoms with van der Waals surface area (Å²) in [6.45, 7) is 0. The molecule has 3 rings (SSSR count). The van der Waals surface area contributed by atoms with Crippen LogP contribution in [0.4, 0.5) is 11.4 Å². The number of nitrogens with two attached hydrogens (primary N) is 1. The molecule has 0 saturated heterocycles. The Balaban J connectivity index is 2.12. The van der Waals surface area contributed by atoms with Gasteiger partial charge < -0.3 is 10.6 Å². The Bertz CT molecular complexity index is 546. The van der Waals surface area contributed by atoms with E-state index in [2.05, 4.69) is 29.1 Å². The molecule has 88 valence electrons. The quantitative estimate of drug-likeness (QED) is 0.802. The Kier molecular flexibility index (Phi) is 2.39. The summed E-state index contributed by atoms with van der Waals surface area (Å²) in [6, 6.07) is 6.84. The second-order valence-corrected chi connectivity index (χ2v) is 4.79. The van der Waals surface area contributed by atoms with E-state index in [1.165, 1.54) is 30.3 Å². The fraction of sp³-hybridized carbons (Fsp3) is 0.357. The Hall–Kier alpha value is -1.77. The van der Waals surface area contributed by atoms with Crippen LogP contribution in [0.2, 0.25) is 0 Å². The van der Waals surface area contributed by atoms with Crippen LogP contribution in [0.3, 0.4) is 0 Å². The first-order valence-electron chi connectivity index (χ1n) is 6.12. The van der Waals surface area contributed by atoms with Crippen molar-refractivity contribution in [1.82, 2.24) is 4.98 Å². The number of hydrogen-bond acceptors (Lipinski definition) is 3. The minimum atomic E-state index is 0.690. The van der Waals surface area contributed by atoms with Crippen LogP contribution >= 0.6 is 0 Å². The molecule has 1 aliphatic rings. The Labute approximate surface area is 101 Å². The van der Waals surface area contributed by atoms with Crippen LogP contribution in [-0.2, 0) is 0 Å². The van der Waals surface area contributed by atoms with Gasteiger partial charge in [-0.2, -0.15) is 0 Å². The lowest BCUT2D eigenvalue weighted by molar-refractivity contribution is 0.402. The van der Waals surface area contributed by atoms with Gasteiger partial charge in [0.1, 0.15) is 0 Å². The second kappa shape index (κ2) is 3.91. The number of nitrogen functional groups attached to an aromatic ring is 1. The van der Waals surface area contributed by atoms with Gasteiger partial charge in [0.15, 0.2) is 0 Å². The predicted octanol–water partition coefficient (Wildman–Crippen LogP) is 2.81. The van der Waals surface area contributed by atoms with E-state index in [4.69, 9.17) is 5.73 Å². The van der Waals surface area contributed by atoms with Gasteiger partial charge in [0.25, 0.3) is 0 Å². The molecule has 0 atom stereocenters. The molecule has 1 aromatic carbocycles. The first-order valence-corrected chi connectivity index (χ1v) is 6.12. The molecular weight excluding hydrogens is 210 g/mol. The van der Waals surface area contributed by atoms with Gasteiger partial charge >= 0.3 is 0 Å². The number of nitrogens with zero attached hydrogens (tertiary/aromatic N) is 2. The molecule has 0 aliphatic heterocycles. The monoisotopic (exact) mass is 227 g/mol. The molecule has 0 spiro atoms. The van der Waals surface area contributed by atoms with E-state index >= 15 is 0 Å². The maximum atomic E-state index is 5.99. The van der Waals surface area contributed by atoms with Crippen molar-refractivity contribution in [1.29, 1.82) is 0 Å². The molecule has 3 nitrogen and oxygen atoms in total. The van der Waals surface area contributed by atoms with E-state index in [-0.39, 0.29) is 0 Å².